The van der Waals surface area contributed by atoms with Crippen LogP contribution in [0.15, 0.2) is 24.3 Å². The van der Waals surface area contributed by atoms with Gasteiger partial charge in [-0.2, -0.15) is 0 Å². The van der Waals surface area contributed by atoms with Gasteiger partial charge < -0.3 is 10.0 Å². The van der Waals surface area contributed by atoms with E-state index in [0.717, 1.165) is 12.8 Å². The molecule has 0 saturated carbocycles. The number of aliphatic hydroxyl groups is 1. The Bertz CT molecular complexity index is 466. The van der Waals surface area contributed by atoms with E-state index in [-0.39, 0.29) is 23.6 Å². The standard InChI is InChI=1S/C14H18N2O4/c1-10(9-16-13(19)6-7-14(16)20)3-2-8-15-11(17)4-5-12(15)18/h4-7,10-11,17H,2-3,8-9H2,1H3. The van der Waals surface area contributed by atoms with E-state index in [0.29, 0.717) is 13.1 Å². The van der Waals surface area contributed by atoms with E-state index in [4.69, 9.17) is 0 Å². The molecule has 0 spiro atoms. The monoisotopic (exact) mass is 278 g/mol. The summed E-state index contributed by atoms with van der Waals surface area (Å²) in [5.74, 6) is -0.558. The molecule has 2 rings (SSSR count). The molecule has 0 aromatic rings. The number of nitrogens with zero attached hydrogens (tertiary/aromatic N) is 2. The Balaban J connectivity index is 1.71. The van der Waals surface area contributed by atoms with Crippen LogP contribution in [0.25, 0.3) is 0 Å². The van der Waals surface area contributed by atoms with E-state index < -0.39 is 6.23 Å². The third-order valence-electron chi connectivity index (χ3n) is 3.50. The first kappa shape index (κ1) is 14.5. The zero-order chi connectivity index (χ0) is 14.7. The molecule has 1 N–H and O–H groups in total. The van der Waals surface area contributed by atoms with Gasteiger partial charge in [0.05, 0.1) is 0 Å². The van der Waals surface area contributed by atoms with Crippen molar-refractivity contribution in [1.29, 1.82) is 0 Å². The van der Waals surface area contributed by atoms with Crippen LogP contribution >= 0.6 is 0 Å². The van der Waals surface area contributed by atoms with Crippen molar-refractivity contribution in [3.63, 3.8) is 0 Å². The molecular formula is C14H18N2O4. The smallest absolute Gasteiger partial charge is 0.253 e. The van der Waals surface area contributed by atoms with Crippen LogP contribution in [-0.2, 0) is 14.4 Å². The van der Waals surface area contributed by atoms with Crippen molar-refractivity contribution in [2.45, 2.75) is 26.0 Å². The minimum Gasteiger partial charge on any atom is -0.370 e. The number of carbonyl (C=O) groups is 3. The van der Waals surface area contributed by atoms with Gasteiger partial charge in [-0.05, 0) is 24.8 Å². The third kappa shape index (κ3) is 3.14. The molecule has 2 heterocycles. The molecule has 6 heteroatoms. The zero-order valence-corrected chi connectivity index (χ0v) is 11.4. The molecule has 2 atom stereocenters. The highest BCUT2D eigenvalue weighted by atomic mass is 16.3. The van der Waals surface area contributed by atoms with Crippen LogP contribution in [-0.4, -0.2) is 51.9 Å². The predicted octanol–water partition coefficient (Wildman–Crippen LogP) is 0.0445. The number of hydrogen-bond donors (Lipinski definition) is 1. The van der Waals surface area contributed by atoms with Gasteiger partial charge in [-0.1, -0.05) is 6.92 Å². The van der Waals surface area contributed by atoms with Crippen LogP contribution < -0.4 is 0 Å². The number of imide groups is 1. The van der Waals surface area contributed by atoms with Gasteiger partial charge in [-0.25, -0.2) is 0 Å². The summed E-state index contributed by atoms with van der Waals surface area (Å²) in [5, 5.41) is 9.54. The topological polar surface area (TPSA) is 77.9 Å². The van der Waals surface area contributed by atoms with E-state index in [2.05, 4.69) is 0 Å². The second-order valence-corrected chi connectivity index (χ2v) is 5.17. The number of aliphatic hydroxyl groups excluding tert-OH is 1. The summed E-state index contributed by atoms with van der Waals surface area (Å²) < 4.78 is 0. The zero-order valence-electron chi connectivity index (χ0n) is 11.4. The van der Waals surface area contributed by atoms with Gasteiger partial charge in [-0.3, -0.25) is 19.3 Å². The fourth-order valence-electron chi connectivity index (χ4n) is 2.36. The molecule has 2 unspecified atom stereocenters. The summed E-state index contributed by atoms with van der Waals surface area (Å²) in [4.78, 5) is 36.8. The molecule has 0 radical (unpaired) electrons. The summed E-state index contributed by atoms with van der Waals surface area (Å²) >= 11 is 0. The maximum atomic E-state index is 11.4. The van der Waals surface area contributed by atoms with E-state index in [9.17, 15) is 19.5 Å². The van der Waals surface area contributed by atoms with Crippen LogP contribution in [0, 0.1) is 5.92 Å². The Labute approximate surface area is 117 Å². The molecule has 20 heavy (non-hydrogen) atoms. The van der Waals surface area contributed by atoms with E-state index in [1.165, 1.54) is 34.1 Å². The maximum Gasteiger partial charge on any atom is 0.253 e. The molecule has 2 aliphatic heterocycles. The van der Waals surface area contributed by atoms with Crippen molar-refractivity contribution in [1.82, 2.24) is 9.80 Å². The first-order chi connectivity index (χ1) is 9.49. The molecular weight excluding hydrogens is 260 g/mol. The molecule has 0 fully saturated rings. The van der Waals surface area contributed by atoms with Crippen molar-refractivity contribution in [2.75, 3.05) is 13.1 Å². The van der Waals surface area contributed by atoms with E-state index >= 15 is 0 Å². The van der Waals surface area contributed by atoms with Crippen molar-refractivity contribution >= 4 is 17.7 Å². The highest BCUT2D eigenvalue weighted by Crippen LogP contribution is 2.15. The van der Waals surface area contributed by atoms with Crippen LogP contribution in [0.2, 0.25) is 0 Å². The number of rotatable bonds is 6. The lowest BCUT2D eigenvalue weighted by Crippen LogP contribution is -2.36. The maximum absolute atomic E-state index is 11.4. The van der Waals surface area contributed by atoms with E-state index in [1.54, 1.807) is 0 Å². The van der Waals surface area contributed by atoms with Gasteiger partial charge in [0.2, 0.25) is 5.91 Å². The van der Waals surface area contributed by atoms with Crippen molar-refractivity contribution in [3.05, 3.63) is 24.3 Å². The number of carbonyl (C=O) groups excluding carboxylic acids is 3. The predicted molar refractivity (Wildman–Crippen MR) is 71.1 cm³/mol. The minimum absolute atomic E-state index is 0.158. The Hall–Kier alpha value is -1.95. The van der Waals surface area contributed by atoms with Crippen LogP contribution in [0.4, 0.5) is 0 Å². The summed E-state index contributed by atoms with van der Waals surface area (Å²) in [7, 11) is 0. The third-order valence-corrected chi connectivity index (χ3v) is 3.50. The minimum atomic E-state index is -0.830. The highest BCUT2D eigenvalue weighted by molar-refractivity contribution is 6.12. The molecule has 0 aliphatic carbocycles. The van der Waals surface area contributed by atoms with Crippen molar-refractivity contribution < 1.29 is 19.5 Å². The molecule has 2 aliphatic rings. The van der Waals surface area contributed by atoms with Gasteiger partial charge in [0.25, 0.3) is 11.8 Å². The largest absolute Gasteiger partial charge is 0.370 e. The van der Waals surface area contributed by atoms with Crippen molar-refractivity contribution in [3.8, 4) is 0 Å². The Morgan fingerprint density at radius 2 is 1.80 bits per heavy atom. The second kappa shape index (κ2) is 6.00. The van der Waals surface area contributed by atoms with Crippen molar-refractivity contribution in [2.24, 2.45) is 5.92 Å². The average Bonchev–Trinajstić information content (AvgIpc) is 2.88. The summed E-state index contributed by atoms with van der Waals surface area (Å²) in [6.07, 6.45) is 6.03. The second-order valence-electron chi connectivity index (χ2n) is 5.17. The summed E-state index contributed by atoms with van der Waals surface area (Å²) in [6.45, 7) is 2.82. The first-order valence-corrected chi connectivity index (χ1v) is 6.69. The normalized spacial score (nSPS) is 23.3. The summed E-state index contributed by atoms with van der Waals surface area (Å²) in [6, 6.07) is 0. The lowest BCUT2D eigenvalue weighted by Gasteiger charge is -2.22. The Morgan fingerprint density at radius 3 is 2.35 bits per heavy atom. The fourth-order valence-corrected chi connectivity index (χ4v) is 2.36. The first-order valence-electron chi connectivity index (χ1n) is 6.69. The van der Waals surface area contributed by atoms with Gasteiger partial charge in [0.15, 0.2) is 0 Å². The number of hydrogen-bond acceptors (Lipinski definition) is 4. The fraction of sp³-hybridized carbons (Fsp3) is 0.500. The van der Waals surface area contributed by atoms with Crippen LogP contribution in [0.1, 0.15) is 19.8 Å². The summed E-state index contributed by atoms with van der Waals surface area (Å²) in [5.41, 5.74) is 0. The van der Waals surface area contributed by atoms with Gasteiger partial charge in [0, 0.05) is 31.3 Å². The Kier molecular flexibility index (Phi) is 4.34. The lowest BCUT2D eigenvalue weighted by molar-refractivity contribution is -0.137. The van der Waals surface area contributed by atoms with Gasteiger partial charge in [0.1, 0.15) is 6.23 Å². The van der Waals surface area contributed by atoms with Crippen LogP contribution in [0.3, 0.4) is 0 Å². The molecule has 3 amide bonds. The van der Waals surface area contributed by atoms with Crippen LogP contribution in [0.5, 0.6) is 0 Å². The molecule has 108 valence electrons. The number of amides is 3. The van der Waals surface area contributed by atoms with Gasteiger partial charge >= 0.3 is 0 Å². The highest BCUT2D eigenvalue weighted by Gasteiger charge is 2.26. The molecule has 6 nitrogen and oxygen atoms in total. The molecule has 0 bridgehead atoms. The Morgan fingerprint density at radius 1 is 1.15 bits per heavy atom. The van der Waals surface area contributed by atoms with Gasteiger partial charge in [-0.15, -0.1) is 0 Å². The average molecular weight is 278 g/mol. The molecule has 0 saturated heterocycles. The molecule has 0 aromatic heterocycles. The quantitative estimate of drug-likeness (QED) is 0.696. The lowest BCUT2D eigenvalue weighted by atomic mass is 10.0. The molecule has 0 aromatic carbocycles. The van der Waals surface area contributed by atoms with E-state index in [1.807, 2.05) is 6.92 Å². The SMILES string of the molecule is CC(CCCN1C(=O)C=CC1O)CN1C(=O)C=CC1=O.